The topological polar surface area (TPSA) is 49.4 Å². The van der Waals surface area contributed by atoms with Crippen LogP contribution < -0.4 is 5.32 Å². The largest absolute Gasteiger partial charge is 0.351 e. The minimum absolute atomic E-state index is 0.0166. The number of hydrogen-bond acceptors (Lipinski definition) is 2. The molecular formula is C13H24N2O2. The third-order valence-corrected chi connectivity index (χ3v) is 2.78. The molecule has 0 aliphatic carbocycles. The Labute approximate surface area is 104 Å². The van der Waals surface area contributed by atoms with Crippen molar-refractivity contribution in [1.29, 1.82) is 0 Å². The van der Waals surface area contributed by atoms with Gasteiger partial charge in [-0.15, -0.1) is 0 Å². The number of rotatable bonds is 2. The first kappa shape index (κ1) is 14.0. The summed E-state index contributed by atoms with van der Waals surface area (Å²) < 4.78 is 0. The van der Waals surface area contributed by atoms with Crippen LogP contribution in [0.25, 0.3) is 0 Å². The molecule has 0 saturated carbocycles. The van der Waals surface area contributed by atoms with Crippen molar-refractivity contribution in [1.82, 2.24) is 10.2 Å². The molecule has 0 radical (unpaired) electrons. The third kappa shape index (κ3) is 5.71. The Morgan fingerprint density at radius 2 is 1.59 bits per heavy atom. The second kappa shape index (κ2) is 6.03. The average molecular weight is 240 g/mol. The molecule has 4 heteroatoms. The summed E-state index contributed by atoms with van der Waals surface area (Å²) in [6.07, 6.45) is 4.49. The Morgan fingerprint density at radius 1 is 1.06 bits per heavy atom. The van der Waals surface area contributed by atoms with Gasteiger partial charge in [-0.1, -0.05) is 12.8 Å². The molecule has 1 aliphatic rings. The average Bonchev–Trinajstić information content (AvgIpc) is 2.41. The number of likely N-dealkylation sites (tertiary alicyclic amines) is 1. The van der Waals surface area contributed by atoms with Crippen molar-refractivity contribution >= 4 is 11.8 Å². The molecule has 0 atom stereocenters. The van der Waals surface area contributed by atoms with E-state index in [1.807, 2.05) is 25.7 Å². The molecule has 2 amide bonds. The number of carbonyl (C=O) groups excluding carboxylic acids is 2. The van der Waals surface area contributed by atoms with Gasteiger partial charge in [0, 0.05) is 18.6 Å². The van der Waals surface area contributed by atoms with Crippen molar-refractivity contribution in [2.24, 2.45) is 0 Å². The molecular weight excluding hydrogens is 216 g/mol. The van der Waals surface area contributed by atoms with Crippen LogP contribution in [0.4, 0.5) is 0 Å². The lowest BCUT2D eigenvalue weighted by molar-refractivity contribution is -0.136. The Morgan fingerprint density at radius 3 is 2.06 bits per heavy atom. The van der Waals surface area contributed by atoms with Gasteiger partial charge in [0.15, 0.2) is 0 Å². The summed E-state index contributed by atoms with van der Waals surface area (Å²) in [7, 11) is 0. The quantitative estimate of drug-likeness (QED) is 0.747. The highest BCUT2D eigenvalue weighted by Gasteiger charge is 2.21. The van der Waals surface area contributed by atoms with Gasteiger partial charge in [-0.25, -0.2) is 0 Å². The van der Waals surface area contributed by atoms with Gasteiger partial charge < -0.3 is 10.2 Å². The molecule has 0 bridgehead atoms. The van der Waals surface area contributed by atoms with Gasteiger partial charge in [0.1, 0.15) is 6.42 Å². The molecule has 1 saturated heterocycles. The fourth-order valence-electron chi connectivity index (χ4n) is 2.03. The standard InChI is InChI=1S/C13H24N2O2/c1-13(2,3)14-11(16)10-12(17)15-8-6-4-5-7-9-15/h4-10H2,1-3H3,(H,14,16). The monoisotopic (exact) mass is 240 g/mol. The zero-order chi connectivity index (χ0) is 12.9. The van der Waals surface area contributed by atoms with E-state index in [-0.39, 0.29) is 23.8 Å². The van der Waals surface area contributed by atoms with E-state index < -0.39 is 0 Å². The highest BCUT2D eigenvalue weighted by atomic mass is 16.2. The predicted octanol–water partition coefficient (Wildman–Crippen LogP) is 1.69. The van der Waals surface area contributed by atoms with Crippen LogP contribution in [0.15, 0.2) is 0 Å². The van der Waals surface area contributed by atoms with Crippen LogP contribution in [0.5, 0.6) is 0 Å². The molecule has 1 fully saturated rings. The van der Waals surface area contributed by atoms with Gasteiger partial charge in [-0.3, -0.25) is 9.59 Å². The molecule has 1 rings (SSSR count). The molecule has 0 aromatic carbocycles. The summed E-state index contributed by atoms with van der Waals surface area (Å²) in [4.78, 5) is 25.4. The van der Waals surface area contributed by atoms with E-state index in [0.29, 0.717) is 0 Å². The van der Waals surface area contributed by atoms with Crippen molar-refractivity contribution in [3.8, 4) is 0 Å². The first-order valence-corrected chi connectivity index (χ1v) is 6.47. The van der Waals surface area contributed by atoms with E-state index in [9.17, 15) is 9.59 Å². The first-order valence-electron chi connectivity index (χ1n) is 6.47. The lowest BCUT2D eigenvalue weighted by atomic mass is 10.1. The lowest BCUT2D eigenvalue weighted by Gasteiger charge is -2.23. The zero-order valence-corrected chi connectivity index (χ0v) is 11.2. The summed E-state index contributed by atoms with van der Waals surface area (Å²) in [5.74, 6) is -0.208. The maximum atomic E-state index is 11.9. The van der Waals surface area contributed by atoms with Gasteiger partial charge in [-0.05, 0) is 33.6 Å². The van der Waals surface area contributed by atoms with Crippen LogP contribution in [0.3, 0.4) is 0 Å². The molecule has 17 heavy (non-hydrogen) atoms. The van der Waals surface area contributed by atoms with Gasteiger partial charge in [0.2, 0.25) is 11.8 Å². The number of hydrogen-bond donors (Lipinski definition) is 1. The van der Waals surface area contributed by atoms with E-state index in [2.05, 4.69) is 5.32 Å². The zero-order valence-electron chi connectivity index (χ0n) is 11.2. The molecule has 1 heterocycles. The van der Waals surface area contributed by atoms with Crippen LogP contribution in [0.1, 0.15) is 52.9 Å². The summed E-state index contributed by atoms with van der Waals surface area (Å²) in [6, 6.07) is 0. The minimum atomic E-state index is -0.268. The minimum Gasteiger partial charge on any atom is -0.351 e. The van der Waals surface area contributed by atoms with Crippen LogP contribution >= 0.6 is 0 Å². The van der Waals surface area contributed by atoms with Crippen LogP contribution in [-0.2, 0) is 9.59 Å². The summed E-state index contributed by atoms with van der Waals surface area (Å²) >= 11 is 0. The van der Waals surface area contributed by atoms with E-state index in [1.165, 1.54) is 12.8 Å². The van der Waals surface area contributed by atoms with Crippen molar-refractivity contribution in [3.63, 3.8) is 0 Å². The molecule has 1 aliphatic heterocycles. The number of nitrogens with one attached hydrogen (secondary N) is 1. The fraction of sp³-hybridized carbons (Fsp3) is 0.846. The highest BCUT2D eigenvalue weighted by Crippen LogP contribution is 2.11. The first-order chi connectivity index (χ1) is 7.88. The molecule has 0 aromatic rings. The van der Waals surface area contributed by atoms with Gasteiger partial charge in [-0.2, -0.15) is 0 Å². The molecule has 4 nitrogen and oxygen atoms in total. The second-order valence-electron chi connectivity index (χ2n) is 5.77. The SMILES string of the molecule is CC(C)(C)NC(=O)CC(=O)N1CCCCCC1. The van der Waals surface area contributed by atoms with Gasteiger partial charge in [0.05, 0.1) is 0 Å². The highest BCUT2D eigenvalue weighted by molar-refractivity contribution is 5.97. The molecule has 0 aromatic heterocycles. The Hall–Kier alpha value is -1.06. The van der Waals surface area contributed by atoms with E-state index in [0.717, 1.165) is 25.9 Å². The Bertz CT molecular complexity index is 274. The smallest absolute Gasteiger partial charge is 0.232 e. The normalized spacial score (nSPS) is 17.5. The van der Waals surface area contributed by atoms with E-state index in [4.69, 9.17) is 0 Å². The maximum Gasteiger partial charge on any atom is 0.232 e. The van der Waals surface area contributed by atoms with Gasteiger partial charge >= 0.3 is 0 Å². The Kier molecular flexibility index (Phi) is 4.97. The summed E-state index contributed by atoms with van der Waals surface area (Å²) in [5, 5.41) is 2.82. The number of nitrogens with zero attached hydrogens (tertiary/aromatic N) is 1. The second-order valence-corrected chi connectivity index (χ2v) is 5.77. The molecule has 0 unspecified atom stereocenters. The molecule has 0 spiro atoms. The van der Waals surface area contributed by atoms with Crippen molar-refractivity contribution < 1.29 is 9.59 Å². The van der Waals surface area contributed by atoms with Crippen LogP contribution in [-0.4, -0.2) is 35.3 Å². The fourth-order valence-corrected chi connectivity index (χ4v) is 2.03. The number of carbonyl (C=O) groups is 2. The number of amides is 2. The van der Waals surface area contributed by atoms with Crippen molar-refractivity contribution in [2.75, 3.05) is 13.1 Å². The third-order valence-electron chi connectivity index (χ3n) is 2.78. The van der Waals surface area contributed by atoms with Crippen molar-refractivity contribution in [2.45, 2.75) is 58.4 Å². The van der Waals surface area contributed by atoms with Crippen LogP contribution in [0, 0.1) is 0 Å². The van der Waals surface area contributed by atoms with Gasteiger partial charge in [0.25, 0.3) is 0 Å². The van der Waals surface area contributed by atoms with Crippen molar-refractivity contribution in [3.05, 3.63) is 0 Å². The van der Waals surface area contributed by atoms with E-state index >= 15 is 0 Å². The predicted molar refractivity (Wildman–Crippen MR) is 67.6 cm³/mol. The lowest BCUT2D eigenvalue weighted by Crippen LogP contribution is -2.43. The summed E-state index contributed by atoms with van der Waals surface area (Å²) in [6.45, 7) is 7.37. The van der Waals surface area contributed by atoms with Crippen LogP contribution in [0.2, 0.25) is 0 Å². The summed E-state index contributed by atoms with van der Waals surface area (Å²) in [5.41, 5.74) is -0.268. The molecule has 98 valence electrons. The molecule has 1 N–H and O–H groups in total. The Balaban J connectivity index is 2.39. The van der Waals surface area contributed by atoms with E-state index in [1.54, 1.807) is 0 Å². The maximum absolute atomic E-state index is 11.9.